The van der Waals surface area contributed by atoms with Gasteiger partial charge in [-0.15, -0.1) is 0 Å². The van der Waals surface area contributed by atoms with E-state index in [2.05, 4.69) is 6.92 Å². The number of carbonyl (C=O) groups is 1. The first-order valence-electron chi connectivity index (χ1n) is 3.69. The molecule has 0 aromatic rings. The molecule has 0 saturated carbocycles. The molecule has 0 fully saturated rings. The highest BCUT2D eigenvalue weighted by atomic mass is 16.1. The molecule has 1 heteroatoms. The molecule has 0 aliphatic rings. The Morgan fingerprint density at radius 3 is 2.30 bits per heavy atom. The maximum Gasteiger partial charge on any atom is 0.139 e. The standard InChI is InChI=1S/C9H16O/c1-5-6-7-9(3,4)8(2)10/h6-7H,5H2,1-4H3. The molecule has 0 atom stereocenters. The molecule has 0 aromatic heterocycles. The number of allylic oxidation sites excluding steroid dienone is 2. The Balaban J connectivity index is 4.12. The Bertz CT molecular complexity index is 143. The predicted molar refractivity (Wildman–Crippen MR) is 43.9 cm³/mol. The van der Waals surface area contributed by atoms with E-state index in [1.54, 1.807) is 6.92 Å². The number of Topliss-reactive ketones (excluding diaryl/α,β-unsaturated/α-hetero) is 1. The summed E-state index contributed by atoms with van der Waals surface area (Å²) in [4.78, 5) is 10.9. The summed E-state index contributed by atoms with van der Waals surface area (Å²) < 4.78 is 0. The van der Waals surface area contributed by atoms with Gasteiger partial charge in [0.2, 0.25) is 0 Å². The molecular formula is C9H16O. The molecule has 0 radical (unpaired) electrons. The van der Waals surface area contributed by atoms with Crippen LogP contribution in [-0.2, 0) is 4.79 Å². The highest BCUT2D eigenvalue weighted by Crippen LogP contribution is 2.17. The average molecular weight is 140 g/mol. The fraction of sp³-hybridized carbons (Fsp3) is 0.667. The van der Waals surface area contributed by atoms with Crippen molar-refractivity contribution >= 4 is 5.78 Å². The number of ketones is 1. The molecule has 0 amide bonds. The van der Waals surface area contributed by atoms with Crippen LogP contribution in [0.3, 0.4) is 0 Å². The van der Waals surface area contributed by atoms with Gasteiger partial charge in [-0.25, -0.2) is 0 Å². The Morgan fingerprint density at radius 1 is 1.50 bits per heavy atom. The van der Waals surface area contributed by atoms with Crippen molar-refractivity contribution in [1.29, 1.82) is 0 Å². The molecule has 1 nitrogen and oxygen atoms in total. The fourth-order valence-corrected chi connectivity index (χ4v) is 0.530. The van der Waals surface area contributed by atoms with Crippen LogP contribution < -0.4 is 0 Å². The van der Waals surface area contributed by atoms with Crippen LogP contribution in [0.5, 0.6) is 0 Å². The minimum Gasteiger partial charge on any atom is -0.299 e. The highest BCUT2D eigenvalue weighted by molar-refractivity contribution is 5.83. The third kappa shape index (κ3) is 2.81. The van der Waals surface area contributed by atoms with Gasteiger partial charge in [0.05, 0.1) is 0 Å². The number of hydrogen-bond acceptors (Lipinski definition) is 1. The van der Waals surface area contributed by atoms with Crippen LogP contribution in [0.4, 0.5) is 0 Å². The molecule has 10 heavy (non-hydrogen) atoms. The van der Waals surface area contributed by atoms with E-state index in [-0.39, 0.29) is 11.2 Å². The van der Waals surface area contributed by atoms with E-state index in [1.807, 2.05) is 26.0 Å². The van der Waals surface area contributed by atoms with Crippen LogP contribution in [-0.4, -0.2) is 5.78 Å². The molecule has 0 heterocycles. The van der Waals surface area contributed by atoms with Crippen molar-refractivity contribution in [1.82, 2.24) is 0 Å². The SMILES string of the molecule is CCC=CC(C)(C)C(C)=O. The summed E-state index contributed by atoms with van der Waals surface area (Å²) in [5, 5.41) is 0. The van der Waals surface area contributed by atoms with Crippen LogP contribution in [0, 0.1) is 5.41 Å². The third-order valence-electron chi connectivity index (χ3n) is 1.68. The van der Waals surface area contributed by atoms with Gasteiger partial charge < -0.3 is 0 Å². The maximum atomic E-state index is 10.9. The summed E-state index contributed by atoms with van der Waals surface area (Å²) in [6.45, 7) is 7.55. The van der Waals surface area contributed by atoms with E-state index in [1.165, 1.54) is 0 Å². The Morgan fingerprint density at radius 2 is 2.00 bits per heavy atom. The molecule has 0 spiro atoms. The lowest BCUT2D eigenvalue weighted by Gasteiger charge is -2.14. The van der Waals surface area contributed by atoms with Gasteiger partial charge in [0.25, 0.3) is 0 Å². The Kier molecular flexibility index (Phi) is 3.34. The van der Waals surface area contributed by atoms with Gasteiger partial charge >= 0.3 is 0 Å². The molecule has 0 aromatic carbocycles. The molecule has 0 rings (SSSR count). The molecule has 0 bridgehead atoms. The van der Waals surface area contributed by atoms with Crippen molar-refractivity contribution < 1.29 is 4.79 Å². The van der Waals surface area contributed by atoms with Crippen LogP contribution >= 0.6 is 0 Å². The second kappa shape index (κ2) is 3.55. The van der Waals surface area contributed by atoms with Gasteiger partial charge in [-0.2, -0.15) is 0 Å². The fourth-order valence-electron chi connectivity index (χ4n) is 0.530. The van der Waals surface area contributed by atoms with Crippen molar-refractivity contribution in [2.45, 2.75) is 34.1 Å². The van der Waals surface area contributed by atoms with Gasteiger partial charge in [0.15, 0.2) is 0 Å². The van der Waals surface area contributed by atoms with Crippen molar-refractivity contribution in [3.05, 3.63) is 12.2 Å². The van der Waals surface area contributed by atoms with Crippen LogP contribution in [0.25, 0.3) is 0 Å². The lowest BCUT2D eigenvalue weighted by Crippen LogP contribution is -2.17. The highest BCUT2D eigenvalue weighted by Gasteiger charge is 2.18. The van der Waals surface area contributed by atoms with Crippen LogP contribution in [0.15, 0.2) is 12.2 Å². The zero-order chi connectivity index (χ0) is 8.20. The molecule has 0 N–H and O–H groups in total. The predicted octanol–water partition coefficient (Wildman–Crippen LogP) is 2.57. The molecule has 0 saturated heterocycles. The van der Waals surface area contributed by atoms with E-state index in [0.29, 0.717) is 0 Å². The van der Waals surface area contributed by atoms with E-state index < -0.39 is 0 Å². The first kappa shape index (κ1) is 9.41. The smallest absolute Gasteiger partial charge is 0.139 e. The molecule has 0 aliphatic heterocycles. The first-order chi connectivity index (χ1) is 4.50. The Labute approximate surface area is 63.1 Å². The number of carbonyl (C=O) groups excluding carboxylic acids is 1. The van der Waals surface area contributed by atoms with Crippen molar-refractivity contribution in [2.75, 3.05) is 0 Å². The van der Waals surface area contributed by atoms with Crippen molar-refractivity contribution in [3.63, 3.8) is 0 Å². The molecular weight excluding hydrogens is 124 g/mol. The lowest BCUT2D eigenvalue weighted by atomic mass is 9.88. The third-order valence-corrected chi connectivity index (χ3v) is 1.68. The zero-order valence-electron chi connectivity index (χ0n) is 7.27. The summed E-state index contributed by atoms with van der Waals surface area (Å²) in [6.07, 6.45) is 4.99. The maximum absolute atomic E-state index is 10.9. The minimum absolute atomic E-state index is 0.220. The van der Waals surface area contributed by atoms with Crippen LogP contribution in [0.1, 0.15) is 34.1 Å². The van der Waals surface area contributed by atoms with Crippen LogP contribution in [0.2, 0.25) is 0 Å². The van der Waals surface area contributed by atoms with Gasteiger partial charge in [-0.3, -0.25) is 4.79 Å². The topological polar surface area (TPSA) is 17.1 Å². The second-order valence-corrected chi connectivity index (χ2v) is 3.09. The molecule has 0 aliphatic carbocycles. The quantitative estimate of drug-likeness (QED) is 0.551. The average Bonchev–Trinajstić information content (AvgIpc) is 1.84. The van der Waals surface area contributed by atoms with Gasteiger partial charge in [-0.1, -0.05) is 19.1 Å². The summed E-state index contributed by atoms with van der Waals surface area (Å²) in [7, 11) is 0. The van der Waals surface area contributed by atoms with Crippen molar-refractivity contribution in [2.24, 2.45) is 5.41 Å². The van der Waals surface area contributed by atoms with Gasteiger partial charge in [0.1, 0.15) is 5.78 Å². The zero-order valence-corrected chi connectivity index (χ0v) is 7.27. The van der Waals surface area contributed by atoms with E-state index in [9.17, 15) is 4.79 Å². The molecule has 58 valence electrons. The monoisotopic (exact) mass is 140 g/mol. The first-order valence-corrected chi connectivity index (χ1v) is 3.69. The van der Waals surface area contributed by atoms with Gasteiger partial charge in [0, 0.05) is 5.41 Å². The summed E-state index contributed by atoms with van der Waals surface area (Å²) in [5.74, 6) is 0.220. The normalized spacial score (nSPS) is 12.4. The summed E-state index contributed by atoms with van der Waals surface area (Å²) in [6, 6.07) is 0. The van der Waals surface area contributed by atoms with Crippen molar-refractivity contribution in [3.8, 4) is 0 Å². The number of hydrogen-bond donors (Lipinski definition) is 0. The summed E-state index contributed by atoms with van der Waals surface area (Å²) in [5.41, 5.74) is -0.268. The Hall–Kier alpha value is -0.590. The largest absolute Gasteiger partial charge is 0.299 e. The second-order valence-electron chi connectivity index (χ2n) is 3.09. The van der Waals surface area contributed by atoms with E-state index in [0.717, 1.165) is 6.42 Å². The lowest BCUT2D eigenvalue weighted by molar-refractivity contribution is -0.122. The summed E-state index contributed by atoms with van der Waals surface area (Å²) >= 11 is 0. The number of rotatable bonds is 3. The minimum atomic E-state index is -0.268. The van der Waals surface area contributed by atoms with E-state index in [4.69, 9.17) is 0 Å². The van der Waals surface area contributed by atoms with E-state index >= 15 is 0 Å². The molecule has 0 unspecified atom stereocenters. The van der Waals surface area contributed by atoms with Gasteiger partial charge in [-0.05, 0) is 27.2 Å².